The molecule has 0 unspecified atom stereocenters. The van der Waals surface area contributed by atoms with Gasteiger partial charge >= 0.3 is 6.03 Å². The monoisotopic (exact) mass is 295 g/mol. The number of halogens is 2. The van der Waals surface area contributed by atoms with Crippen LogP contribution in [0, 0.1) is 17.6 Å². The zero-order chi connectivity index (χ0) is 15.0. The second-order valence-corrected chi connectivity index (χ2v) is 6.07. The number of nitrogens with zero attached hydrogens (tertiary/aromatic N) is 1. The van der Waals surface area contributed by atoms with Gasteiger partial charge in [-0.15, -0.1) is 0 Å². The Hall–Kier alpha value is -1.69. The van der Waals surface area contributed by atoms with E-state index >= 15 is 0 Å². The minimum atomic E-state index is -0.596. The summed E-state index contributed by atoms with van der Waals surface area (Å²) in [6.45, 7) is 1.61. The van der Waals surface area contributed by atoms with Gasteiger partial charge in [-0.05, 0) is 36.8 Å². The maximum absolute atomic E-state index is 13.5. The lowest BCUT2D eigenvalue weighted by molar-refractivity contribution is 0.187. The number of likely N-dealkylation sites (tertiary alicyclic amines) is 1. The number of carbonyl (C=O) groups excluding carboxylic acids is 1. The van der Waals surface area contributed by atoms with Crippen LogP contribution in [-0.2, 0) is 6.42 Å². The molecule has 2 fully saturated rings. The van der Waals surface area contributed by atoms with E-state index in [9.17, 15) is 13.6 Å². The zero-order valence-electron chi connectivity index (χ0n) is 11.7. The van der Waals surface area contributed by atoms with E-state index < -0.39 is 11.6 Å². The molecule has 1 aliphatic heterocycles. The second kappa shape index (κ2) is 5.26. The molecule has 1 aromatic carbocycles. The van der Waals surface area contributed by atoms with E-state index in [0.29, 0.717) is 37.5 Å². The SMILES string of the molecule is N[C@]12CC[C@H]1CN(C(=O)NCCc1ccc(F)cc1F)C2. The maximum Gasteiger partial charge on any atom is 0.317 e. The Balaban J connectivity index is 1.48. The number of hydrogen-bond acceptors (Lipinski definition) is 2. The molecule has 1 heterocycles. The second-order valence-electron chi connectivity index (χ2n) is 6.07. The molecule has 1 aromatic rings. The van der Waals surface area contributed by atoms with Crippen molar-refractivity contribution in [3.8, 4) is 0 Å². The first-order chi connectivity index (χ1) is 9.98. The quantitative estimate of drug-likeness (QED) is 0.890. The average Bonchev–Trinajstić information content (AvgIpc) is 2.65. The summed E-state index contributed by atoms with van der Waals surface area (Å²) in [6, 6.07) is 3.32. The van der Waals surface area contributed by atoms with Gasteiger partial charge in [0.2, 0.25) is 0 Å². The Morgan fingerprint density at radius 2 is 2.29 bits per heavy atom. The number of nitrogens with two attached hydrogens (primary N) is 1. The Bertz CT molecular complexity index is 566. The minimum absolute atomic E-state index is 0.156. The summed E-state index contributed by atoms with van der Waals surface area (Å²) >= 11 is 0. The zero-order valence-corrected chi connectivity index (χ0v) is 11.7. The molecule has 1 saturated heterocycles. The summed E-state index contributed by atoms with van der Waals surface area (Å²) in [5.41, 5.74) is 6.39. The van der Waals surface area contributed by atoms with Crippen molar-refractivity contribution < 1.29 is 13.6 Å². The Labute approximate surface area is 122 Å². The number of amides is 2. The fourth-order valence-corrected chi connectivity index (χ4v) is 3.18. The molecular weight excluding hydrogens is 276 g/mol. The molecule has 0 radical (unpaired) electrons. The molecule has 0 spiro atoms. The largest absolute Gasteiger partial charge is 0.338 e. The van der Waals surface area contributed by atoms with Gasteiger partial charge < -0.3 is 16.0 Å². The average molecular weight is 295 g/mol. The van der Waals surface area contributed by atoms with Crippen molar-refractivity contribution in [1.82, 2.24) is 10.2 Å². The molecule has 21 heavy (non-hydrogen) atoms. The van der Waals surface area contributed by atoms with Gasteiger partial charge in [-0.1, -0.05) is 6.07 Å². The van der Waals surface area contributed by atoms with E-state index in [0.717, 1.165) is 18.9 Å². The topological polar surface area (TPSA) is 58.4 Å². The molecule has 1 saturated carbocycles. The van der Waals surface area contributed by atoms with E-state index in [1.807, 2.05) is 0 Å². The number of benzene rings is 1. The van der Waals surface area contributed by atoms with Crippen LogP contribution in [0.4, 0.5) is 13.6 Å². The number of hydrogen-bond donors (Lipinski definition) is 2. The third kappa shape index (κ3) is 2.72. The fraction of sp³-hybridized carbons (Fsp3) is 0.533. The standard InChI is InChI=1S/C15H19F2N3O/c16-12-2-1-10(13(17)7-12)4-6-19-14(21)20-8-11-3-5-15(11,18)9-20/h1-2,7,11H,3-6,8-9,18H2,(H,19,21)/t11-,15-/m0/s1. The smallest absolute Gasteiger partial charge is 0.317 e. The lowest BCUT2D eigenvalue weighted by atomic mass is 9.70. The summed E-state index contributed by atoms with van der Waals surface area (Å²) in [6.07, 6.45) is 2.40. The van der Waals surface area contributed by atoms with Crippen molar-refractivity contribution in [2.24, 2.45) is 11.7 Å². The molecule has 3 rings (SSSR count). The van der Waals surface area contributed by atoms with Crippen LogP contribution >= 0.6 is 0 Å². The van der Waals surface area contributed by atoms with Crippen LogP contribution in [0.2, 0.25) is 0 Å². The number of carbonyl (C=O) groups is 1. The van der Waals surface area contributed by atoms with Gasteiger partial charge in [0, 0.05) is 31.2 Å². The van der Waals surface area contributed by atoms with Crippen molar-refractivity contribution in [3.05, 3.63) is 35.4 Å². The Morgan fingerprint density at radius 1 is 1.48 bits per heavy atom. The molecule has 4 nitrogen and oxygen atoms in total. The molecule has 2 atom stereocenters. The molecule has 0 bridgehead atoms. The van der Waals surface area contributed by atoms with E-state index in [1.165, 1.54) is 12.1 Å². The lowest BCUT2D eigenvalue weighted by Gasteiger charge is -2.39. The predicted molar refractivity (Wildman–Crippen MR) is 74.7 cm³/mol. The highest BCUT2D eigenvalue weighted by Gasteiger charge is 2.51. The minimum Gasteiger partial charge on any atom is -0.338 e. The van der Waals surface area contributed by atoms with Gasteiger partial charge in [-0.2, -0.15) is 0 Å². The Kier molecular flexibility index (Phi) is 3.57. The van der Waals surface area contributed by atoms with Gasteiger partial charge in [0.05, 0.1) is 0 Å². The lowest BCUT2D eigenvalue weighted by Crippen LogP contribution is -2.55. The normalized spacial score (nSPS) is 27.2. The first-order valence-electron chi connectivity index (χ1n) is 7.23. The summed E-state index contributed by atoms with van der Waals surface area (Å²) in [5, 5.41) is 2.77. The molecule has 2 amide bonds. The number of fused-ring (bicyclic) bond motifs is 1. The van der Waals surface area contributed by atoms with Gasteiger partial charge in [-0.3, -0.25) is 0 Å². The van der Waals surface area contributed by atoms with E-state index in [4.69, 9.17) is 5.73 Å². The highest BCUT2D eigenvalue weighted by atomic mass is 19.1. The molecule has 0 aromatic heterocycles. The maximum atomic E-state index is 13.5. The van der Waals surface area contributed by atoms with Crippen molar-refractivity contribution in [2.75, 3.05) is 19.6 Å². The first-order valence-corrected chi connectivity index (χ1v) is 7.23. The fourth-order valence-electron chi connectivity index (χ4n) is 3.18. The highest BCUT2D eigenvalue weighted by molar-refractivity contribution is 5.75. The summed E-state index contributed by atoms with van der Waals surface area (Å²) in [4.78, 5) is 13.8. The number of nitrogens with one attached hydrogen (secondary N) is 1. The Morgan fingerprint density at radius 3 is 2.86 bits per heavy atom. The van der Waals surface area contributed by atoms with Crippen LogP contribution in [0.15, 0.2) is 18.2 Å². The molecule has 6 heteroatoms. The van der Waals surface area contributed by atoms with Gasteiger partial charge in [0.15, 0.2) is 0 Å². The van der Waals surface area contributed by atoms with Gasteiger partial charge in [-0.25, -0.2) is 13.6 Å². The molecule has 1 aliphatic carbocycles. The number of urea groups is 1. The van der Waals surface area contributed by atoms with Crippen LogP contribution in [0.3, 0.4) is 0 Å². The summed E-state index contributed by atoms with van der Waals surface area (Å²) in [5.74, 6) is -0.761. The third-order valence-electron chi connectivity index (χ3n) is 4.67. The van der Waals surface area contributed by atoms with E-state index in [-0.39, 0.29) is 11.6 Å². The summed E-state index contributed by atoms with van der Waals surface area (Å²) < 4.78 is 26.2. The highest BCUT2D eigenvalue weighted by Crippen LogP contribution is 2.42. The van der Waals surface area contributed by atoms with Gasteiger partial charge in [0.1, 0.15) is 11.6 Å². The first kappa shape index (κ1) is 14.3. The van der Waals surface area contributed by atoms with Crippen molar-refractivity contribution >= 4 is 6.03 Å². The van der Waals surface area contributed by atoms with Crippen molar-refractivity contribution in [2.45, 2.75) is 24.8 Å². The molecule has 3 N–H and O–H groups in total. The van der Waals surface area contributed by atoms with Crippen LogP contribution in [0.5, 0.6) is 0 Å². The predicted octanol–water partition coefficient (Wildman–Crippen LogP) is 1.64. The van der Waals surface area contributed by atoms with Crippen molar-refractivity contribution in [1.29, 1.82) is 0 Å². The van der Waals surface area contributed by atoms with Gasteiger partial charge in [0.25, 0.3) is 0 Å². The summed E-state index contributed by atoms with van der Waals surface area (Å²) in [7, 11) is 0. The van der Waals surface area contributed by atoms with Crippen LogP contribution in [0.25, 0.3) is 0 Å². The van der Waals surface area contributed by atoms with Crippen LogP contribution in [-0.4, -0.2) is 36.1 Å². The van der Waals surface area contributed by atoms with Crippen LogP contribution in [0.1, 0.15) is 18.4 Å². The molecule has 2 aliphatic rings. The van der Waals surface area contributed by atoms with Crippen LogP contribution < -0.4 is 11.1 Å². The third-order valence-corrected chi connectivity index (χ3v) is 4.67. The van der Waals surface area contributed by atoms with Crippen molar-refractivity contribution in [3.63, 3.8) is 0 Å². The molecule has 114 valence electrons. The number of rotatable bonds is 3. The van der Waals surface area contributed by atoms with E-state index in [1.54, 1.807) is 4.90 Å². The molecular formula is C15H19F2N3O. The van der Waals surface area contributed by atoms with E-state index in [2.05, 4.69) is 5.32 Å².